The second-order valence-electron chi connectivity index (χ2n) is 21.1. The first-order valence-electron chi connectivity index (χ1n) is 27.9. The third-order valence-electron chi connectivity index (χ3n) is 13.9. The number of nitrogens with zero attached hydrogens (tertiary/aromatic N) is 2. The quantitative estimate of drug-likeness (QED) is 0.0170. The molecule has 1 heterocycles. The molecule has 1 aliphatic heterocycles. The number of aromatic hydroxyl groups is 3. The van der Waals surface area contributed by atoms with Gasteiger partial charge in [-0.15, -0.1) is 0 Å². The summed E-state index contributed by atoms with van der Waals surface area (Å²) in [5.74, 6) is -11.2. The molecule has 0 saturated carbocycles. The Hall–Kier alpha value is -9.19. The van der Waals surface area contributed by atoms with E-state index in [0.717, 1.165) is 0 Å². The number of carbonyl (C=O) groups is 11. The summed E-state index contributed by atoms with van der Waals surface area (Å²) in [4.78, 5) is 154. The molecule has 0 aromatic heterocycles. The lowest BCUT2D eigenvalue weighted by molar-refractivity contribution is -0.143. The van der Waals surface area contributed by atoms with E-state index in [-0.39, 0.29) is 92.9 Å². The molecule has 0 bridgehead atoms. The zero-order chi connectivity index (χ0) is 64.5. The molecule has 30 heteroatoms. The van der Waals surface area contributed by atoms with Crippen LogP contribution in [0, 0.1) is 5.92 Å². The lowest BCUT2D eigenvalue weighted by atomic mass is 10.0. The third kappa shape index (κ3) is 23.7. The number of carboxylic acid groups (broad SMARTS) is 2. The number of aliphatic imine (C=N–C) groups is 1. The predicted octanol–water partition coefficient (Wildman–Crippen LogP) is -2.30. The summed E-state index contributed by atoms with van der Waals surface area (Å²) in [6.45, 7) is 4.22. The van der Waals surface area contributed by atoms with Crippen LogP contribution < -0.4 is 59.7 Å². The molecule has 1 fully saturated rings. The molecule has 0 spiro atoms. The fourth-order valence-electron chi connectivity index (χ4n) is 8.97. The Labute approximate surface area is 506 Å². The molecule has 87 heavy (non-hydrogen) atoms. The van der Waals surface area contributed by atoms with Crippen molar-refractivity contribution < 1.29 is 78.3 Å². The van der Waals surface area contributed by atoms with Crippen LogP contribution in [0.2, 0.25) is 0 Å². The minimum absolute atomic E-state index is 0.0198. The van der Waals surface area contributed by atoms with Gasteiger partial charge in [0.25, 0.3) is 0 Å². The number of nitrogens with one attached hydrogen (secondary N) is 8. The van der Waals surface area contributed by atoms with Gasteiger partial charge < -0.3 is 90.2 Å². The Morgan fingerprint density at radius 1 is 0.598 bits per heavy atom. The molecule has 0 radical (unpaired) electrons. The highest BCUT2D eigenvalue weighted by Crippen LogP contribution is 2.22. The first-order valence-corrected chi connectivity index (χ1v) is 29.3. The van der Waals surface area contributed by atoms with Crippen molar-refractivity contribution in [2.24, 2.45) is 28.1 Å². The molecule has 3 aromatic rings. The molecule has 9 atom stereocenters. The molecular weight excluding hydrogens is 1150 g/mol. The van der Waals surface area contributed by atoms with Gasteiger partial charge in [-0.1, -0.05) is 50.2 Å². The molecule has 0 unspecified atom stereocenters. The number of hydrogen-bond acceptors (Lipinski definition) is 17. The number of rotatable bonds is 34. The molecular formula is C57H79N13O16S. The maximum Gasteiger partial charge on any atom is 0.326 e. The van der Waals surface area contributed by atoms with E-state index >= 15 is 0 Å². The Kier molecular flexibility index (Phi) is 28.0. The zero-order valence-electron chi connectivity index (χ0n) is 48.7. The van der Waals surface area contributed by atoms with Gasteiger partial charge >= 0.3 is 11.9 Å². The molecule has 474 valence electrons. The van der Waals surface area contributed by atoms with E-state index in [9.17, 15) is 78.3 Å². The number of nitrogens with two attached hydrogens (primary N) is 3. The number of benzene rings is 3. The number of carboxylic acids is 2. The second-order valence-corrected chi connectivity index (χ2v) is 22.1. The zero-order valence-corrected chi connectivity index (χ0v) is 49.5. The SMILES string of the molecule is CSCC[C@H](NC(=O)[C@H](C)NC(=O)[C@H](Cc1ccc(O)cc1)NC(=O)[C@@H]1CCCN1C(=O)[C@H](CCCN=C(N)N)NC(=O)[C@H](Cc1ccc(O)cc1)NC(=O)CNC(=O)[C@@H](N)C(C)C)C(=O)N[C@@H](CC(=O)O)C(=O)N[C@@H](Cc1ccc(O)cc1)C(=O)O. The lowest BCUT2D eigenvalue weighted by Crippen LogP contribution is -2.60. The summed E-state index contributed by atoms with van der Waals surface area (Å²) in [6, 6.07) is 4.30. The smallest absolute Gasteiger partial charge is 0.326 e. The van der Waals surface area contributed by atoms with Crippen molar-refractivity contribution >= 4 is 82.8 Å². The molecule has 1 saturated heterocycles. The number of hydrogen-bond donors (Lipinski definition) is 16. The highest BCUT2D eigenvalue weighted by molar-refractivity contribution is 7.98. The van der Waals surface area contributed by atoms with E-state index < -0.39 is 132 Å². The first kappa shape index (κ1) is 70.3. The molecule has 3 aromatic carbocycles. The van der Waals surface area contributed by atoms with Crippen LogP contribution >= 0.6 is 11.8 Å². The Balaban J connectivity index is 1.55. The molecule has 29 nitrogen and oxygen atoms in total. The number of phenolic OH excluding ortho intramolecular Hbond substituents is 3. The molecule has 19 N–H and O–H groups in total. The Morgan fingerprint density at radius 3 is 1.57 bits per heavy atom. The van der Waals surface area contributed by atoms with Crippen LogP contribution in [0.5, 0.6) is 17.2 Å². The van der Waals surface area contributed by atoms with Crippen molar-refractivity contribution in [1.82, 2.24) is 47.4 Å². The number of aliphatic carboxylic acids is 2. The number of carbonyl (C=O) groups excluding carboxylic acids is 9. The van der Waals surface area contributed by atoms with Gasteiger partial charge in [-0.25, -0.2) is 4.79 Å². The average molecular weight is 1230 g/mol. The summed E-state index contributed by atoms with van der Waals surface area (Å²) >= 11 is 1.28. The van der Waals surface area contributed by atoms with Crippen LogP contribution in [0.15, 0.2) is 77.8 Å². The van der Waals surface area contributed by atoms with Gasteiger partial charge in [-0.2, -0.15) is 11.8 Å². The second kappa shape index (κ2) is 34.7. The number of amides is 9. The number of likely N-dealkylation sites (tertiary alicyclic amines) is 1. The average Bonchev–Trinajstić information content (AvgIpc) is 2.60. The van der Waals surface area contributed by atoms with Crippen molar-refractivity contribution in [2.75, 3.05) is 31.6 Å². The molecule has 0 aliphatic carbocycles. The van der Waals surface area contributed by atoms with Crippen LogP contribution in [0.1, 0.15) is 76.0 Å². The van der Waals surface area contributed by atoms with Crippen LogP contribution in [-0.4, -0.2) is 188 Å². The lowest BCUT2D eigenvalue weighted by Gasteiger charge is -2.31. The van der Waals surface area contributed by atoms with E-state index in [1.165, 1.54) is 96.4 Å². The van der Waals surface area contributed by atoms with Crippen LogP contribution in [-0.2, 0) is 72.0 Å². The van der Waals surface area contributed by atoms with Crippen LogP contribution in [0.3, 0.4) is 0 Å². The van der Waals surface area contributed by atoms with Crippen molar-refractivity contribution in [2.45, 2.75) is 133 Å². The van der Waals surface area contributed by atoms with Gasteiger partial charge in [0, 0.05) is 32.4 Å². The van der Waals surface area contributed by atoms with Crippen molar-refractivity contribution in [3.8, 4) is 17.2 Å². The number of guanidine groups is 1. The normalized spacial score (nSPS) is 15.5. The van der Waals surface area contributed by atoms with E-state index in [0.29, 0.717) is 23.1 Å². The summed E-state index contributed by atoms with van der Waals surface area (Å²) in [6.07, 6.45) is 0.482. The van der Waals surface area contributed by atoms with Crippen molar-refractivity contribution in [3.05, 3.63) is 89.5 Å². The van der Waals surface area contributed by atoms with Crippen molar-refractivity contribution in [3.63, 3.8) is 0 Å². The molecule has 4 rings (SSSR count). The van der Waals surface area contributed by atoms with E-state index in [2.05, 4.69) is 47.5 Å². The van der Waals surface area contributed by atoms with Crippen molar-refractivity contribution in [1.29, 1.82) is 0 Å². The number of thioether (sulfide) groups is 1. The summed E-state index contributed by atoms with van der Waals surface area (Å²) in [5, 5.41) is 69.2. The van der Waals surface area contributed by atoms with Gasteiger partial charge in [0.2, 0.25) is 53.2 Å². The van der Waals surface area contributed by atoms with Gasteiger partial charge in [-0.05, 0) is 110 Å². The van der Waals surface area contributed by atoms with Crippen LogP contribution in [0.25, 0.3) is 0 Å². The fraction of sp³-hybridized carbons (Fsp3) is 0.474. The van der Waals surface area contributed by atoms with E-state index in [1.54, 1.807) is 20.1 Å². The first-order chi connectivity index (χ1) is 41.1. The minimum atomic E-state index is -1.82. The highest BCUT2D eigenvalue weighted by Gasteiger charge is 2.40. The highest BCUT2D eigenvalue weighted by atomic mass is 32.2. The predicted molar refractivity (Wildman–Crippen MR) is 318 cm³/mol. The standard InChI is InChI=1S/C57H79N13O16S/c1-30(2)47(58)54(83)62-29-45(74)64-40(25-32-9-15-35(71)16-10-32)51(80)66-39(7-5-22-61-57(59)60)55(84)70-23-6-8-44(70)53(82)68-41(26-33-11-17-36(72)18-12-33)50(79)63-31(3)48(77)65-38(21-24-87-4)49(78)67-42(28-46(75)76)52(81)69-43(56(85)86)27-34-13-19-37(73)20-14-34/h9-20,30-31,38-44,47,71-73H,5-8,21-29,58H2,1-4H3,(H,62,83)(H,63,79)(H,64,74)(H,65,77)(H,66,80)(H,67,78)(H,68,82)(H,69,81)(H,75,76)(H,85,86)(H4,59,60,61)/t31-,38-,39-,40-,41-,42-,43-,44-,47-/m0/s1. The maximum absolute atomic E-state index is 14.7. The van der Waals surface area contributed by atoms with Gasteiger partial charge in [0.15, 0.2) is 5.96 Å². The van der Waals surface area contributed by atoms with Crippen LogP contribution in [0.4, 0.5) is 0 Å². The Bertz CT molecular complexity index is 2910. The van der Waals surface area contributed by atoms with E-state index in [4.69, 9.17) is 17.2 Å². The molecule has 1 aliphatic rings. The van der Waals surface area contributed by atoms with Gasteiger partial charge in [0.05, 0.1) is 19.0 Å². The van der Waals surface area contributed by atoms with Gasteiger partial charge in [-0.3, -0.25) is 52.9 Å². The Morgan fingerprint density at radius 2 is 1.07 bits per heavy atom. The summed E-state index contributed by atoms with van der Waals surface area (Å²) in [5.41, 5.74) is 18.4. The van der Waals surface area contributed by atoms with Gasteiger partial charge in [0.1, 0.15) is 65.6 Å². The number of phenols is 3. The third-order valence-corrected chi connectivity index (χ3v) is 14.5. The fourth-order valence-corrected chi connectivity index (χ4v) is 9.44. The monoisotopic (exact) mass is 1230 g/mol. The minimum Gasteiger partial charge on any atom is -0.508 e. The topological polar surface area (TPSA) is 479 Å². The van der Waals surface area contributed by atoms with E-state index in [1.807, 2.05) is 0 Å². The largest absolute Gasteiger partial charge is 0.508 e. The summed E-state index contributed by atoms with van der Waals surface area (Å²) in [7, 11) is 0. The maximum atomic E-state index is 14.7. The molecule has 9 amide bonds. The summed E-state index contributed by atoms with van der Waals surface area (Å²) < 4.78 is 0.